The monoisotopic (exact) mass is 592 g/mol. The molecule has 0 radical (unpaired) electrons. The van der Waals surface area contributed by atoms with Gasteiger partial charge in [-0.1, -0.05) is 100.0 Å². The van der Waals surface area contributed by atoms with Crippen molar-refractivity contribution in [2.45, 2.75) is 70.9 Å². The number of carbonyl (C=O) groups excluding carboxylic acids is 3. The van der Waals surface area contributed by atoms with Crippen molar-refractivity contribution < 1.29 is 28.3 Å². The highest BCUT2D eigenvalue weighted by Gasteiger charge is 2.53. The molecule has 0 N–H and O–H groups in total. The van der Waals surface area contributed by atoms with Crippen LogP contribution in [0.1, 0.15) is 60.3 Å². The summed E-state index contributed by atoms with van der Waals surface area (Å²) in [5.74, 6) is -1.43. The number of benzene rings is 2. The fourth-order valence-corrected chi connectivity index (χ4v) is 10.4. The molecule has 1 aliphatic heterocycles. The molecule has 1 heterocycles. The molecule has 0 spiro atoms. The standard InChI is InChI=1S/C33H37ClO6Si/c1-6-14-28(35)40-33(5)30(36)27-22-38-23(21-26(27)29(34)31(33)37)15-13-20-39-41(32(2,3)4,24-16-9-7-10-17-24)25-18-11-8-12-19-25/h7-12,16-19,21-22H,6,13-15,20H2,1-5H3/t33-/m1/s1. The van der Waals surface area contributed by atoms with Crippen LogP contribution in [0, 0.1) is 0 Å². The van der Waals surface area contributed by atoms with Gasteiger partial charge in [0.25, 0.3) is 8.32 Å². The van der Waals surface area contributed by atoms with Gasteiger partial charge in [0.1, 0.15) is 12.0 Å². The second-order valence-electron chi connectivity index (χ2n) is 11.5. The number of Topliss-reactive ketones (excluding diaryl/α,β-unsaturated/α-hetero) is 2. The number of ether oxygens (including phenoxy) is 2. The van der Waals surface area contributed by atoms with Crippen LogP contribution in [0.3, 0.4) is 0 Å². The number of hydrogen-bond acceptors (Lipinski definition) is 6. The predicted octanol–water partition coefficient (Wildman–Crippen LogP) is 5.89. The molecule has 2 aromatic carbocycles. The molecule has 4 rings (SSSR count). The van der Waals surface area contributed by atoms with Gasteiger partial charge in [-0.05, 0) is 41.3 Å². The first-order chi connectivity index (χ1) is 19.5. The SMILES string of the molecule is CCCC(=O)O[C@]1(C)C(=O)C2=COC(CCCO[Si](c3ccccc3)(c3ccccc3)C(C)(C)C)=CC2=C(Cl)C1=O. The molecule has 1 atom stereocenters. The van der Waals surface area contributed by atoms with Gasteiger partial charge < -0.3 is 13.9 Å². The highest BCUT2D eigenvalue weighted by molar-refractivity contribution is 6.99. The van der Waals surface area contributed by atoms with E-state index in [1.54, 1.807) is 6.08 Å². The lowest BCUT2D eigenvalue weighted by Crippen LogP contribution is -2.66. The van der Waals surface area contributed by atoms with E-state index in [1.165, 1.54) is 23.6 Å². The van der Waals surface area contributed by atoms with Crippen molar-refractivity contribution in [2.75, 3.05) is 6.61 Å². The van der Waals surface area contributed by atoms with E-state index >= 15 is 0 Å². The number of fused-ring (bicyclic) bond motifs is 1. The van der Waals surface area contributed by atoms with Crippen LogP contribution in [0.15, 0.2) is 94.9 Å². The van der Waals surface area contributed by atoms with Gasteiger partial charge in [-0.25, -0.2) is 0 Å². The summed E-state index contributed by atoms with van der Waals surface area (Å²) in [6.45, 7) is 10.3. The molecule has 1 aliphatic carbocycles. The Morgan fingerprint density at radius 3 is 2.10 bits per heavy atom. The Balaban J connectivity index is 1.53. The van der Waals surface area contributed by atoms with Crippen LogP contribution in [0.25, 0.3) is 0 Å². The zero-order valence-electron chi connectivity index (χ0n) is 24.3. The molecule has 0 fully saturated rings. The van der Waals surface area contributed by atoms with Crippen molar-refractivity contribution in [3.05, 3.63) is 94.9 Å². The van der Waals surface area contributed by atoms with E-state index < -0.39 is 31.5 Å². The number of rotatable bonds is 10. The van der Waals surface area contributed by atoms with Crippen molar-refractivity contribution >= 4 is 47.8 Å². The van der Waals surface area contributed by atoms with Crippen LogP contribution in [-0.4, -0.2) is 38.1 Å². The molecule has 0 unspecified atom stereocenters. The lowest BCUT2D eigenvalue weighted by atomic mass is 9.80. The number of allylic oxidation sites excluding steroid dienone is 3. The fourth-order valence-electron chi connectivity index (χ4n) is 5.46. The van der Waals surface area contributed by atoms with Crippen LogP contribution in [0.4, 0.5) is 0 Å². The van der Waals surface area contributed by atoms with Crippen molar-refractivity contribution in [2.24, 2.45) is 0 Å². The Labute approximate surface area is 248 Å². The largest absolute Gasteiger partial charge is 0.469 e. The minimum absolute atomic E-state index is 0.0971. The van der Waals surface area contributed by atoms with Crippen LogP contribution in [0.5, 0.6) is 0 Å². The zero-order chi connectivity index (χ0) is 29.8. The smallest absolute Gasteiger partial charge is 0.307 e. The molecule has 0 aromatic heterocycles. The number of ketones is 2. The summed E-state index contributed by atoms with van der Waals surface area (Å²) in [7, 11) is -2.66. The van der Waals surface area contributed by atoms with Crippen LogP contribution >= 0.6 is 11.6 Å². The van der Waals surface area contributed by atoms with Gasteiger partial charge in [-0.2, -0.15) is 0 Å². The molecular weight excluding hydrogens is 556 g/mol. The van der Waals surface area contributed by atoms with Gasteiger partial charge in [0, 0.05) is 25.0 Å². The third-order valence-electron chi connectivity index (χ3n) is 7.55. The molecule has 6 nitrogen and oxygen atoms in total. The van der Waals surface area contributed by atoms with Gasteiger partial charge in [0.05, 0.1) is 10.6 Å². The molecule has 41 heavy (non-hydrogen) atoms. The van der Waals surface area contributed by atoms with Gasteiger partial charge in [0.2, 0.25) is 17.2 Å². The Morgan fingerprint density at radius 1 is 0.976 bits per heavy atom. The van der Waals surface area contributed by atoms with Gasteiger partial charge in [-0.3, -0.25) is 14.4 Å². The number of carbonyl (C=O) groups is 3. The van der Waals surface area contributed by atoms with E-state index in [0.717, 1.165) is 0 Å². The number of halogens is 1. The minimum Gasteiger partial charge on any atom is -0.469 e. The molecular formula is C33H37ClO6Si. The summed E-state index contributed by atoms with van der Waals surface area (Å²) in [4.78, 5) is 38.5. The normalized spacial score (nSPS) is 19.3. The zero-order valence-corrected chi connectivity index (χ0v) is 26.0. The lowest BCUT2D eigenvalue weighted by Gasteiger charge is -2.43. The quantitative estimate of drug-likeness (QED) is 0.148. The summed E-state index contributed by atoms with van der Waals surface area (Å²) in [6, 6.07) is 20.9. The molecule has 0 saturated heterocycles. The Morgan fingerprint density at radius 2 is 1.56 bits per heavy atom. The van der Waals surface area contributed by atoms with Gasteiger partial charge in [0.15, 0.2) is 0 Å². The average Bonchev–Trinajstić information content (AvgIpc) is 2.95. The highest BCUT2D eigenvalue weighted by atomic mass is 35.5. The Kier molecular flexibility index (Phi) is 9.21. The topological polar surface area (TPSA) is 78.9 Å². The van der Waals surface area contributed by atoms with Gasteiger partial charge >= 0.3 is 5.97 Å². The van der Waals surface area contributed by atoms with E-state index in [2.05, 4.69) is 69.3 Å². The molecule has 0 bridgehead atoms. The van der Waals surface area contributed by atoms with Crippen molar-refractivity contribution in [1.82, 2.24) is 0 Å². The van der Waals surface area contributed by atoms with Gasteiger partial charge in [-0.15, -0.1) is 0 Å². The summed E-state index contributed by atoms with van der Waals surface area (Å²) in [5, 5.41) is 2.13. The Bertz CT molecular complexity index is 1360. The molecule has 8 heteroatoms. The van der Waals surface area contributed by atoms with Crippen molar-refractivity contribution in [3.63, 3.8) is 0 Å². The highest BCUT2D eigenvalue weighted by Crippen LogP contribution is 2.40. The first-order valence-electron chi connectivity index (χ1n) is 14.0. The first kappa shape index (κ1) is 30.7. The van der Waals surface area contributed by atoms with E-state index in [9.17, 15) is 14.4 Å². The van der Waals surface area contributed by atoms with Crippen LogP contribution in [0.2, 0.25) is 5.04 Å². The molecule has 2 aromatic rings. The first-order valence-corrected chi connectivity index (χ1v) is 16.3. The summed E-state index contributed by atoms with van der Waals surface area (Å²) in [5.41, 5.74) is -1.59. The predicted molar refractivity (Wildman–Crippen MR) is 162 cm³/mol. The van der Waals surface area contributed by atoms with Crippen molar-refractivity contribution in [3.8, 4) is 0 Å². The minimum atomic E-state index is -2.66. The third kappa shape index (κ3) is 5.89. The summed E-state index contributed by atoms with van der Waals surface area (Å²) in [6.07, 6.45) is 4.73. The average molecular weight is 593 g/mol. The lowest BCUT2D eigenvalue weighted by molar-refractivity contribution is -0.169. The second-order valence-corrected chi connectivity index (χ2v) is 16.2. The molecule has 0 saturated carbocycles. The maximum absolute atomic E-state index is 13.2. The molecule has 216 valence electrons. The molecule has 0 amide bonds. The third-order valence-corrected chi connectivity index (χ3v) is 13.0. The second kappa shape index (κ2) is 12.3. The van der Waals surface area contributed by atoms with E-state index in [0.29, 0.717) is 37.2 Å². The maximum atomic E-state index is 13.2. The Hall–Kier alpha value is -3.26. The number of hydrogen-bond donors (Lipinski definition) is 0. The van der Waals surface area contributed by atoms with Crippen LogP contribution in [-0.2, 0) is 28.3 Å². The van der Waals surface area contributed by atoms with Crippen molar-refractivity contribution in [1.29, 1.82) is 0 Å². The van der Waals surface area contributed by atoms with Crippen LogP contribution < -0.4 is 10.4 Å². The van der Waals surface area contributed by atoms with E-state index in [1.807, 2.05) is 19.1 Å². The van der Waals surface area contributed by atoms with E-state index in [-0.39, 0.29) is 22.1 Å². The van der Waals surface area contributed by atoms with E-state index in [4.69, 9.17) is 25.5 Å². The summed E-state index contributed by atoms with van der Waals surface area (Å²) < 4.78 is 18.1. The summed E-state index contributed by atoms with van der Waals surface area (Å²) >= 11 is 6.45. The maximum Gasteiger partial charge on any atom is 0.307 e. The fraction of sp³-hybridized carbons (Fsp3) is 0.364. The number of esters is 1. The molecule has 2 aliphatic rings.